The van der Waals surface area contributed by atoms with E-state index in [1.165, 1.54) is 5.56 Å². The third-order valence-corrected chi connectivity index (χ3v) is 4.01. The molecular formula is C21H20NO+. The van der Waals surface area contributed by atoms with Crippen molar-refractivity contribution in [2.75, 3.05) is 0 Å². The molecule has 0 aliphatic heterocycles. The summed E-state index contributed by atoms with van der Waals surface area (Å²) in [7, 11) is 0. The van der Waals surface area contributed by atoms with Crippen LogP contribution in [-0.2, 0) is 13.0 Å². The zero-order valence-electron chi connectivity index (χ0n) is 13.3. The van der Waals surface area contributed by atoms with E-state index in [2.05, 4.69) is 31.2 Å². The van der Waals surface area contributed by atoms with Gasteiger partial charge in [-0.05, 0) is 23.1 Å². The van der Waals surface area contributed by atoms with Crippen molar-refractivity contribution in [1.29, 1.82) is 0 Å². The Morgan fingerprint density at radius 3 is 2.04 bits per heavy atom. The lowest BCUT2D eigenvalue weighted by Gasteiger charge is -2.03. The summed E-state index contributed by atoms with van der Waals surface area (Å²) in [5.74, 6) is 0.124. The minimum Gasteiger partial charge on any atom is -0.287 e. The number of Topliss-reactive ketones (excluding diaryl/α,β-unsaturated/α-hetero) is 1. The van der Waals surface area contributed by atoms with Crippen LogP contribution in [0.15, 0.2) is 79.1 Å². The van der Waals surface area contributed by atoms with E-state index in [-0.39, 0.29) is 5.78 Å². The molecule has 2 aromatic carbocycles. The lowest BCUT2D eigenvalue weighted by atomic mass is 10.0. The topological polar surface area (TPSA) is 20.9 Å². The smallest absolute Gasteiger partial charge is 0.227 e. The molecule has 114 valence electrons. The predicted octanol–water partition coefficient (Wildman–Crippen LogP) is 4.09. The van der Waals surface area contributed by atoms with Crippen molar-refractivity contribution in [2.24, 2.45) is 0 Å². The maximum atomic E-state index is 12.4. The molecule has 0 atom stereocenters. The van der Waals surface area contributed by atoms with Crippen molar-refractivity contribution in [3.8, 4) is 11.1 Å². The van der Waals surface area contributed by atoms with Gasteiger partial charge in [0.2, 0.25) is 12.3 Å². The Morgan fingerprint density at radius 2 is 1.43 bits per heavy atom. The molecule has 1 aromatic heterocycles. The molecule has 0 spiro atoms. The van der Waals surface area contributed by atoms with Crippen LogP contribution in [0.4, 0.5) is 0 Å². The number of nitrogens with zero attached hydrogens (tertiary/aromatic N) is 1. The molecule has 3 rings (SSSR count). The van der Waals surface area contributed by atoms with Crippen LogP contribution in [-0.4, -0.2) is 5.78 Å². The number of carbonyl (C=O) groups is 1. The Balaban J connectivity index is 1.72. The first-order chi connectivity index (χ1) is 11.3. The van der Waals surface area contributed by atoms with Gasteiger partial charge in [0.15, 0.2) is 12.4 Å². The van der Waals surface area contributed by atoms with Gasteiger partial charge in [-0.15, -0.1) is 0 Å². The molecule has 2 nitrogen and oxygen atoms in total. The van der Waals surface area contributed by atoms with E-state index in [1.54, 1.807) is 0 Å². The minimum atomic E-state index is 0.124. The number of carbonyl (C=O) groups excluding carboxylic acids is 1. The molecule has 0 unspecified atom stereocenters. The maximum absolute atomic E-state index is 12.4. The standard InChI is InChI=1S/C21H20NO/c1-2-17-12-14-22(15-13-17)16-21(23)20-10-8-19(9-11-20)18-6-4-3-5-7-18/h3-15H,2,16H2,1H3/q+1. The van der Waals surface area contributed by atoms with Gasteiger partial charge in [0.25, 0.3) is 0 Å². The van der Waals surface area contributed by atoms with Gasteiger partial charge in [-0.3, -0.25) is 4.79 Å². The lowest BCUT2D eigenvalue weighted by Crippen LogP contribution is -2.37. The van der Waals surface area contributed by atoms with E-state index in [1.807, 2.05) is 59.4 Å². The number of hydrogen-bond donors (Lipinski definition) is 0. The highest BCUT2D eigenvalue weighted by molar-refractivity contribution is 5.95. The second kappa shape index (κ2) is 7.01. The molecule has 0 saturated carbocycles. The van der Waals surface area contributed by atoms with Gasteiger partial charge in [-0.1, -0.05) is 61.5 Å². The van der Waals surface area contributed by atoms with Crippen LogP contribution in [0.3, 0.4) is 0 Å². The van der Waals surface area contributed by atoms with Crippen LogP contribution in [0.2, 0.25) is 0 Å². The highest BCUT2D eigenvalue weighted by Gasteiger charge is 2.12. The van der Waals surface area contributed by atoms with Crippen molar-refractivity contribution in [2.45, 2.75) is 19.9 Å². The van der Waals surface area contributed by atoms with Crippen LogP contribution in [0, 0.1) is 0 Å². The van der Waals surface area contributed by atoms with E-state index in [0.29, 0.717) is 6.54 Å². The van der Waals surface area contributed by atoms with E-state index >= 15 is 0 Å². The zero-order valence-corrected chi connectivity index (χ0v) is 13.3. The number of hydrogen-bond acceptors (Lipinski definition) is 1. The summed E-state index contributed by atoms with van der Waals surface area (Å²) in [4.78, 5) is 12.4. The van der Waals surface area contributed by atoms with Crippen molar-refractivity contribution in [3.05, 3.63) is 90.3 Å². The van der Waals surface area contributed by atoms with Gasteiger partial charge in [0, 0.05) is 17.7 Å². The van der Waals surface area contributed by atoms with Crippen molar-refractivity contribution in [1.82, 2.24) is 0 Å². The first-order valence-corrected chi connectivity index (χ1v) is 7.93. The fourth-order valence-electron chi connectivity index (χ4n) is 2.57. The van der Waals surface area contributed by atoms with Crippen molar-refractivity contribution < 1.29 is 9.36 Å². The number of aryl methyl sites for hydroxylation is 1. The summed E-state index contributed by atoms with van der Waals surface area (Å²) < 4.78 is 1.92. The minimum absolute atomic E-state index is 0.124. The first-order valence-electron chi connectivity index (χ1n) is 7.93. The van der Waals surface area contributed by atoms with Crippen LogP contribution in [0.5, 0.6) is 0 Å². The second-order valence-electron chi connectivity index (χ2n) is 5.60. The van der Waals surface area contributed by atoms with Crippen LogP contribution in [0.25, 0.3) is 11.1 Å². The summed E-state index contributed by atoms with van der Waals surface area (Å²) in [6.45, 7) is 2.49. The summed E-state index contributed by atoms with van der Waals surface area (Å²) in [6.07, 6.45) is 4.94. The average molecular weight is 302 g/mol. The van der Waals surface area contributed by atoms with Gasteiger partial charge in [-0.25, -0.2) is 0 Å². The molecule has 0 fully saturated rings. The van der Waals surface area contributed by atoms with E-state index in [9.17, 15) is 4.79 Å². The quantitative estimate of drug-likeness (QED) is 0.514. The van der Waals surface area contributed by atoms with Gasteiger partial charge in [0.1, 0.15) is 0 Å². The monoisotopic (exact) mass is 302 g/mol. The van der Waals surface area contributed by atoms with Crippen molar-refractivity contribution in [3.63, 3.8) is 0 Å². The summed E-state index contributed by atoms with van der Waals surface area (Å²) in [6, 6.07) is 22.1. The fourth-order valence-corrected chi connectivity index (χ4v) is 2.57. The summed E-state index contributed by atoms with van der Waals surface area (Å²) in [5.41, 5.74) is 4.32. The second-order valence-corrected chi connectivity index (χ2v) is 5.60. The molecule has 0 bridgehead atoms. The largest absolute Gasteiger partial charge is 0.287 e. The van der Waals surface area contributed by atoms with E-state index in [0.717, 1.165) is 23.1 Å². The Kier molecular flexibility index (Phi) is 4.62. The lowest BCUT2D eigenvalue weighted by molar-refractivity contribution is -0.683. The molecule has 0 aliphatic carbocycles. The number of aromatic nitrogens is 1. The Labute approximate surface area is 137 Å². The van der Waals surface area contributed by atoms with Crippen molar-refractivity contribution >= 4 is 5.78 Å². The van der Waals surface area contributed by atoms with E-state index < -0.39 is 0 Å². The van der Waals surface area contributed by atoms with Gasteiger partial charge in [-0.2, -0.15) is 4.57 Å². The number of benzene rings is 2. The SMILES string of the molecule is CCc1cc[n+](CC(=O)c2ccc(-c3ccccc3)cc2)cc1. The fraction of sp³-hybridized carbons (Fsp3) is 0.143. The Bertz CT molecular complexity index is 774. The van der Waals surface area contributed by atoms with Crippen LogP contribution >= 0.6 is 0 Å². The Morgan fingerprint density at radius 1 is 0.826 bits per heavy atom. The molecule has 23 heavy (non-hydrogen) atoms. The average Bonchev–Trinajstić information content (AvgIpc) is 2.63. The highest BCUT2D eigenvalue weighted by atomic mass is 16.1. The molecule has 2 heteroatoms. The van der Waals surface area contributed by atoms with Gasteiger partial charge in [0.05, 0.1) is 0 Å². The van der Waals surface area contributed by atoms with Gasteiger partial charge >= 0.3 is 0 Å². The molecule has 0 amide bonds. The van der Waals surface area contributed by atoms with E-state index in [4.69, 9.17) is 0 Å². The molecule has 0 radical (unpaired) electrons. The third-order valence-electron chi connectivity index (χ3n) is 4.01. The third kappa shape index (κ3) is 3.72. The first kappa shape index (κ1) is 15.2. The number of rotatable bonds is 5. The molecule has 1 heterocycles. The Hall–Kier alpha value is -2.74. The number of ketones is 1. The molecule has 0 N–H and O–H groups in total. The summed E-state index contributed by atoms with van der Waals surface area (Å²) >= 11 is 0. The highest BCUT2D eigenvalue weighted by Crippen LogP contribution is 2.19. The number of pyridine rings is 1. The molecule has 3 aromatic rings. The van der Waals surface area contributed by atoms with Crippen LogP contribution < -0.4 is 4.57 Å². The molecule has 0 aliphatic rings. The van der Waals surface area contributed by atoms with Crippen LogP contribution in [0.1, 0.15) is 22.8 Å². The zero-order chi connectivity index (χ0) is 16.1. The predicted molar refractivity (Wildman–Crippen MR) is 92.2 cm³/mol. The normalized spacial score (nSPS) is 10.5. The summed E-state index contributed by atoms with van der Waals surface area (Å²) in [5, 5.41) is 0. The maximum Gasteiger partial charge on any atom is 0.227 e. The molecule has 0 saturated heterocycles. The van der Waals surface area contributed by atoms with Gasteiger partial charge < -0.3 is 0 Å². The molecular weight excluding hydrogens is 282 g/mol.